The van der Waals surface area contributed by atoms with E-state index in [9.17, 15) is 13.2 Å². The standard InChI is InChI=1S/C24H23F3N6S/c1-16-6-8-18(9-7-16)13-32-15-21(12-28-32)29-23(34)30-22-10-17(2)33(31-22)14-19-4-3-5-20(11-19)24(25,26)27/h3-12,15H,13-14H2,1-2H3,(H2,29,30,31,34). The van der Waals surface area contributed by atoms with Crippen LogP contribution in [0.4, 0.5) is 24.7 Å². The van der Waals surface area contributed by atoms with Crippen molar-refractivity contribution in [1.82, 2.24) is 19.6 Å². The van der Waals surface area contributed by atoms with E-state index in [-0.39, 0.29) is 6.54 Å². The monoisotopic (exact) mass is 484 g/mol. The molecule has 2 N–H and O–H groups in total. The van der Waals surface area contributed by atoms with Crippen LogP contribution in [0.1, 0.15) is 27.9 Å². The second-order valence-electron chi connectivity index (χ2n) is 8.02. The van der Waals surface area contributed by atoms with Crippen molar-refractivity contribution in [2.75, 3.05) is 10.6 Å². The average molecular weight is 485 g/mol. The smallest absolute Gasteiger partial charge is 0.330 e. The number of halogens is 3. The van der Waals surface area contributed by atoms with Gasteiger partial charge >= 0.3 is 6.18 Å². The Morgan fingerprint density at radius 2 is 1.74 bits per heavy atom. The number of alkyl halides is 3. The molecule has 176 valence electrons. The first-order valence-corrected chi connectivity index (χ1v) is 10.9. The molecule has 0 aliphatic heterocycles. The Morgan fingerprint density at radius 1 is 0.971 bits per heavy atom. The minimum atomic E-state index is -4.38. The number of hydrogen-bond donors (Lipinski definition) is 2. The molecule has 10 heteroatoms. The first-order chi connectivity index (χ1) is 16.2. The van der Waals surface area contributed by atoms with Crippen molar-refractivity contribution in [3.8, 4) is 0 Å². The molecule has 0 spiro atoms. The third-order valence-corrected chi connectivity index (χ3v) is 5.37. The summed E-state index contributed by atoms with van der Waals surface area (Å²) in [5.74, 6) is 0.494. The van der Waals surface area contributed by atoms with E-state index in [0.717, 1.165) is 29.1 Å². The van der Waals surface area contributed by atoms with Crippen LogP contribution in [0.15, 0.2) is 67.0 Å². The Kier molecular flexibility index (Phi) is 6.69. The first-order valence-electron chi connectivity index (χ1n) is 10.5. The van der Waals surface area contributed by atoms with Crippen LogP contribution in [0.3, 0.4) is 0 Å². The van der Waals surface area contributed by atoms with Gasteiger partial charge in [-0.3, -0.25) is 9.36 Å². The van der Waals surface area contributed by atoms with E-state index in [1.54, 1.807) is 23.0 Å². The molecule has 0 amide bonds. The van der Waals surface area contributed by atoms with Gasteiger partial charge in [-0.15, -0.1) is 0 Å². The molecule has 2 heterocycles. The van der Waals surface area contributed by atoms with Gasteiger partial charge in [0.2, 0.25) is 0 Å². The first kappa shape index (κ1) is 23.5. The number of rotatable bonds is 6. The maximum atomic E-state index is 13.0. The average Bonchev–Trinajstić information content (AvgIpc) is 3.35. The molecule has 6 nitrogen and oxygen atoms in total. The molecule has 4 aromatic rings. The fourth-order valence-electron chi connectivity index (χ4n) is 3.42. The lowest BCUT2D eigenvalue weighted by Crippen LogP contribution is -2.19. The topological polar surface area (TPSA) is 59.7 Å². The summed E-state index contributed by atoms with van der Waals surface area (Å²) in [7, 11) is 0. The van der Waals surface area contributed by atoms with Crippen molar-refractivity contribution in [3.63, 3.8) is 0 Å². The molecule has 0 saturated heterocycles. The Balaban J connectivity index is 1.36. The lowest BCUT2D eigenvalue weighted by atomic mass is 10.1. The predicted octanol–water partition coefficient (Wildman–Crippen LogP) is 5.62. The van der Waals surface area contributed by atoms with Crippen LogP contribution < -0.4 is 10.6 Å². The molecule has 0 atom stereocenters. The molecule has 0 radical (unpaired) electrons. The quantitative estimate of drug-likeness (QED) is 0.348. The minimum absolute atomic E-state index is 0.212. The number of nitrogens with zero attached hydrogens (tertiary/aromatic N) is 4. The highest BCUT2D eigenvalue weighted by atomic mass is 32.1. The van der Waals surface area contributed by atoms with E-state index in [0.29, 0.717) is 23.0 Å². The summed E-state index contributed by atoms with van der Waals surface area (Å²) in [4.78, 5) is 0. The van der Waals surface area contributed by atoms with Gasteiger partial charge in [0, 0.05) is 18.0 Å². The van der Waals surface area contributed by atoms with Crippen LogP contribution in [-0.2, 0) is 19.3 Å². The second-order valence-corrected chi connectivity index (χ2v) is 8.43. The maximum Gasteiger partial charge on any atom is 0.416 e. The number of hydrogen-bond acceptors (Lipinski definition) is 3. The van der Waals surface area contributed by atoms with E-state index in [1.165, 1.54) is 11.6 Å². The van der Waals surface area contributed by atoms with E-state index in [1.807, 2.05) is 24.7 Å². The Labute approximate surface area is 200 Å². The van der Waals surface area contributed by atoms with Crippen molar-refractivity contribution in [3.05, 3.63) is 94.9 Å². The summed E-state index contributed by atoms with van der Waals surface area (Å²) in [5.41, 5.74) is 3.69. The van der Waals surface area contributed by atoms with Gasteiger partial charge in [-0.05, 0) is 49.3 Å². The molecular formula is C24H23F3N6S. The lowest BCUT2D eigenvalue weighted by Gasteiger charge is -2.10. The van der Waals surface area contributed by atoms with Crippen molar-refractivity contribution < 1.29 is 13.2 Å². The molecule has 0 fully saturated rings. The molecule has 0 bridgehead atoms. The largest absolute Gasteiger partial charge is 0.416 e. The zero-order chi connectivity index (χ0) is 24.3. The summed E-state index contributed by atoms with van der Waals surface area (Å²) in [6, 6.07) is 15.3. The fourth-order valence-corrected chi connectivity index (χ4v) is 3.65. The summed E-state index contributed by atoms with van der Waals surface area (Å²) < 4.78 is 42.4. The third-order valence-electron chi connectivity index (χ3n) is 5.17. The second kappa shape index (κ2) is 9.68. The van der Waals surface area contributed by atoms with Crippen LogP contribution >= 0.6 is 12.2 Å². The minimum Gasteiger partial charge on any atom is -0.330 e. The predicted molar refractivity (Wildman–Crippen MR) is 130 cm³/mol. The van der Waals surface area contributed by atoms with E-state index in [4.69, 9.17) is 12.2 Å². The van der Waals surface area contributed by atoms with Gasteiger partial charge in [-0.2, -0.15) is 23.4 Å². The number of aryl methyl sites for hydroxylation is 2. The zero-order valence-corrected chi connectivity index (χ0v) is 19.4. The molecule has 34 heavy (non-hydrogen) atoms. The Bertz CT molecular complexity index is 1290. The highest BCUT2D eigenvalue weighted by Crippen LogP contribution is 2.29. The van der Waals surface area contributed by atoms with E-state index < -0.39 is 11.7 Å². The van der Waals surface area contributed by atoms with Crippen LogP contribution in [-0.4, -0.2) is 24.7 Å². The van der Waals surface area contributed by atoms with Crippen molar-refractivity contribution in [2.45, 2.75) is 33.1 Å². The van der Waals surface area contributed by atoms with Crippen LogP contribution in [0.2, 0.25) is 0 Å². The number of nitrogens with one attached hydrogen (secondary N) is 2. The van der Waals surface area contributed by atoms with Gasteiger partial charge in [0.25, 0.3) is 0 Å². The van der Waals surface area contributed by atoms with E-state index in [2.05, 4.69) is 45.1 Å². The molecule has 4 rings (SSSR count). The van der Waals surface area contributed by atoms with E-state index >= 15 is 0 Å². The Hall–Kier alpha value is -3.66. The van der Waals surface area contributed by atoms with Gasteiger partial charge in [0.1, 0.15) is 0 Å². The lowest BCUT2D eigenvalue weighted by molar-refractivity contribution is -0.137. The fraction of sp³-hybridized carbons (Fsp3) is 0.208. The molecule has 2 aromatic heterocycles. The van der Waals surface area contributed by atoms with Crippen molar-refractivity contribution in [1.29, 1.82) is 0 Å². The summed E-state index contributed by atoms with van der Waals surface area (Å²) >= 11 is 5.38. The highest BCUT2D eigenvalue weighted by Gasteiger charge is 2.30. The maximum absolute atomic E-state index is 13.0. The highest BCUT2D eigenvalue weighted by molar-refractivity contribution is 7.80. The molecular weight excluding hydrogens is 461 g/mol. The van der Waals surface area contributed by atoms with Crippen LogP contribution in [0, 0.1) is 13.8 Å². The van der Waals surface area contributed by atoms with Gasteiger partial charge in [0.05, 0.1) is 30.5 Å². The molecule has 0 unspecified atom stereocenters. The molecule has 2 aromatic carbocycles. The normalized spacial score (nSPS) is 11.4. The van der Waals surface area contributed by atoms with Crippen molar-refractivity contribution in [2.24, 2.45) is 0 Å². The molecule has 0 aliphatic carbocycles. The van der Waals surface area contributed by atoms with Gasteiger partial charge < -0.3 is 10.6 Å². The number of benzene rings is 2. The zero-order valence-electron chi connectivity index (χ0n) is 18.6. The molecule has 0 aliphatic rings. The summed E-state index contributed by atoms with van der Waals surface area (Å²) in [5, 5.41) is 15.2. The van der Waals surface area contributed by atoms with Crippen LogP contribution in [0.5, 0.6) is 0 Å². The Morgan fingerprint density at radius 3 is 2.47 bits per heavy atom. The van der Waals surface area contributed by atoms with Gasteiger partial charge in [0.15, 0.2) is 10.9 Å². The summed E-state index contributed by atoms with van der Waals surface area (Å²) in [6.07, 6.45) is -0.849. The summed E-state index contributed by atoms with van der Waals surface area (Å²) in [6.45, 7) is 4.73. The number of thiocarbonyl (C=S) groups is 1. The number of aromatic nitrogens is 4. The van der Waals surface area contributed by atoms with Gasteiger partial charge in [-0.1, -0.05) is 42.0 Å². The van der Waals surface area contributed by atoms with Gasteiger partial charge in [-0.25, -0.2) is 0 Å². The SMILES string of the molecule is Cc1ccc(Cn2cc(NC(=S)Nc3cc(C)n(Cc4cccc(C(F)(F)F)c4)n3)cn2)cc1. The van der Waals surface area contributed by atoms with Crippen LogP contribution in [0.25, 0.3) is 0 Å². The van der Waals surface area contributed by atoms with Crippen molar-refractivity contribution >= 4 is 28.8 Å². The number of anilines is 2. The third kappa shape index (κ3) is 6.02. The molecule has 0 saturated carbocycles.